The molecule has 0 bridgehead atoms. The van der Waals surface area contributed by atoms with Crippen LogP contribution >= 0.6 is 0 Å². The predicted octanol–water partition coefficient (Wildman–Crippen LogP) is 6.14. The Kier molecular flexibility index (Phi) is 16.0. The zero-order chi connectivity index (χ0) is 33.7. The molecule has 4 nitrogen and oxygen atoms in total. The molecule has 6 aromatic carbocycles. The van der Waals surface area contributed by atoms with Crippen LogP contribution in [0.3, 0.4) is 0 Å². The molecule has 0 spiro atoms. The van der Waals surface area contributed by atoms with Gasteiger partial charge in [-0.2, -0.15) is 0 Å². The quantitative estimate of drug-likeness (QED) is 0.200. The molecule has 0 amide bonds. The molecule has 0 saturated carbocycles. The van der Waals surface area contributed by atoms with Crippen molar-refractivity contribution in [3.05, 3.63) is 84.9 Å². The fourth-order valence-electron chi connectivity index (χ4n) is 5.63. The number of rotatable bonds is 4. The molecule has 0 radical (unpaired) electrons. The molecule has 0 aliphatic rings. The fraction of sp³-hybridized carbons (Fsp3) is 0.381. The minimum atomic E-state index is -0.187. The van der Waals surface area contributed by atoms with Gasteiger partial charge in [0, 0.05) is 0 Å². The molecular formula is C42H50Cl2O4Zr2. The number of benzene rings is 4. The molecule has 0 saturated heterocycles. The van der Waals surface area contributed by atoms with Gasteiger partial charge in [0.25, 0.3) is 0 Å². The summed E-state index contributed by atoms with van der Waals surface area (Å²) in [5.41, 5.74) is -0.748. The largest absolute Gasteiger partial charge is 2.00 e. The summed E-state index contributed by atoms with van der Waals surface area (Å²) in [5.74, 6) is 3.64. The minimum Gasteiger partial charge on any atom is -1.00 e. The average molecular weight is 872 g/mol. The standard InChI is InChI=1S/2C21H25O2.2ClH.2Zr/c2*1-20(2,3)22-16-7-9-18-14(12-16)11-15-13-17(8-10-19(15)18)23-21(4,5)6;;;;/h2*7-13H,1-6H3;2*1H;;/q2*-1;;;2*+2/p-2. The third-order valence-electron chi connectivity index (χ3n) is 6.99. The monoisotopic (exact) mass is 868 g/mol. The number of hydrogen-bond donors (Lipinski definition) is 0. The second-order valence-corrected chi connectivity index (χ2v) is 16.1. The Hall–Kier alpha value is -1.83. The summed E-state index contributed by atoms with van der Waals surface area (Å²) >= 11 is 0. The van der Waals surface area contributed by atoms with E-state index in [0.29, 0.717) is 0 Å². The number of halogens is 2. The zero-order valence-electron chi connectivity index (χ0n) is 31.5. The Morgan fingerprint density at radius 3 is 0.680 bits per heavy atom. The van der Waals surface area contributed by atoms with E-state index in [1.165, 1.54) is 43.1 Å². The van der Waals surface area contributed by atoms with Crippen LogP contribution in [-0.2, 0) is 52.4 Å². The first-order chi connectivity index (χ1) is 21.2. The van der Waals surface area contributed by atoms with Gasteiger partial charge in [-0.25, -0.2) is 0 Å². The van der Waals surface area contributed by atoms with Gasteiger partial charge in [-0.1, -0.05) is 48.5 Å². The molecule has 0 fully saturated rings. The van der Waals surface area contributed by atoms with Crippen LogP contribution in [0.1, 0.15) is 83.1 Å². The molecular weight excluding hydrogens is 822 g/mol. The second kappa shape index (κ2) is 17.3. The number of hydrogen-bond acceptors (Lipinski definition) is 4. The van der Waals surface area contributed by atoms with E-state index >= 15 is 0 Å². The van der Waals surface area contributed by atoms with Gasteiger partial charge >= 0.3 is 52.4 Å². The summed E-state index contributed by atoms with van der Waals surface area (Å²) < 4.78 is 23.9. The van der Waals surface area contributed by atoms with Crippen LogP contribution in [0.25, 0.3) is 43.1 Å². The Morgan fingerprint density at radius 1 is 0.340 bits per heavy atom. The van der Waals surface area contributed by atoms with E-state index in [4.69, 9.17) is 18.9 Å². The van der Waals surface area contributed by atoms with E-state index in [1.54, 1.807) is 0 Å². The summed E-state index contributed by atoms with van der Waals surface area (Å²) in [7, 11) is 0. The molecule has 0 aromatic heterocycles. The maximum absolute atomic E-state index is 5.97. The predicted molar refractivity (Wildman–Crippen MR) is 196 cm³/mol. The van der Waals surface area contributed by atoms with Crippen molar-refractivity contribution in [1.82, 2.24) is 0 Å². The first kappa shape index (κ1) is 46.2. The van der Waals surface area contributed by atoms with Gasteiger partial charge in [-0.3, -0.25) is 0 Å². The zero-order valence-corrected chi connectivity index (χ0v) is 37.9. The van der Waals surface area contributed by atoms with E-state index in [-0.39, 0.29) is 99.6 Å². The molecule has 0 aliphatic heterocycles. The van der Waals surface area contributed by atoms with E-state index in [2.05, 4.69) is 144 Å². The second-order valence-electron chi connectivity index (χ2n) is 16.1. The maximum atomic E-state index is 5.97. The van der Waals surface area contributed by atoms with Gasteiger partial charge in [0.2, 0.25) is 0 Å². The van der Waals surface area contributed by atoms with Gasteiger partial charge in [-0.05, 0) is 107 Å². The minimum absolute atomic E-state index is 0. The van der Waals surface area contributed by atoms with Crippen LogP contribution in [0.2, 0.25) is 0 Å². The van der Waals surface area contributed by atoms with Crippen LogP contribution in [0, 0.1) is 0 Å². The molecule has 0 unspecified atom stereocenters. The molecule has 264 valence electrons. The van der Waals surface area contributed by atoms with E-state index in [0.717, 1.165) is 23.0 Å². The van der Waals surface area contributed by atoms with Crippen LogP contribution in [-0.4, -0.2) is 22.4 Å². The van der Waals surface area contributed by atoms with Crippen LogP contribution in [0.5, 0.6) is 23.0 Å². The molecule has 0 heterocycles. The van der Waals surface area contributed by atoms with Gasteiger partial charge in [0.05, 0.1) is 45.4 Å². The van der Waals surface area contributed by atoms with Crippen molar-refractivity contribution in [2.45, 2.75) is 105 Å². The van der Waals surface area contributed by atoms with Crippen LogP contribution in [0.4, 0.5) is 0 Å². The van der Waals surface area contributed by atoms with Gasteiger partial charge < -0.3 is 43.8 Å². The van der Waals surface area contributed by atoms with Crippen LogP contribution in [0.15, 0.2) is 84.9 Å². The molecule has 8 heteroatoms. The molecule has 0 N–H and O–H groups in total. The number of ether oxygens (including phenoxy) is 4. The molecule has 6 aromatic rings. The molecule has 50 heavy (non-hydrogen) atoms. The first-order valence-corrected chi connectivity index (χ1v) is 16.2. The summed E-state index contributed by atoms with van der Waals surface area (Å²) in [5, 5.41) is 9.83. The van der Waals surface area contributed by atoms with Crippen molar-refractivity contribution in [2.24, 2.45) is 0 Å². The smallest absolute Gasteiger partial charge is 1.00 e. The van der Waals surface area contributed by atoms with Crippen molar-refractivity contribution >= 4 is 43.1 Å². The summed E-state index contributed by atoms with van der Waals surface area (Å²) in [6.07, 6.45) is 0. The molecule has 0 aliphatic carbocycles. The van der Waals surface area contributed by atoms with E-state index in [1.807, 2.05) is 24.3 Å². The Balaban J connectivity index is 0.000000463. The number of fused-ring (bicyclic) bond motifs is 6. The van der Waals surface area contributed by atoms with E-state index in [9.17, 15) is 0 Å². The van der Waals surface area contributed by atoms with Crippen LogP contribution < -0.4 is 43.8 Å². The summed E-state index contributed by atoms with van der Waals surface area (Å²) in [6, 6.07) is 29.6. The van der Waals surface area contributed by atoms with Gasteiger partial charge in [-0.15, -0.1) is 55.2 Å². The topological polar surface area (TPSA) is 36.9 Å². The molecule has 6 rings (SSSR count). The van der Waals surface area contributed by atoms with Gasteiger partial charge in [0.15, 0.2) is 0 Å². The SMILES string of the molecule is CC(C)(C)Oc1ccc2c(c1)[cH-]c1cc(OC(C)(C)C)ccc12.CC(C)(C)Oc1ccc2c(c1)[cH-]c1cc(OC(C)(C)C)ccc12.[Cl-].[Cl-].[Zr+2].[Zr+2]. The van der Waals surface area contributed by atoms with Crippen molar-refractivity contribution in [3.8, 4) is 23.0 Å². The Bertz CT molecular complexity index is 1710. The average Bonchev–Trinajstić information content (AvgIpc) is 3.41. The molecule has 0 atom stereocenters. The third-order valence-corrected chi connectivity index (χ3v) is 6.99. The normalized spacial score (nSPS) is 11.8. The maximum Gasteiger partial charge on any atom is 2.00 e. The summed E-state index contributed by atoms with van der Waals surface area (Å²) in [6.45, 7) is 24.8. The first-order valence-electron chi connectivity index (χ1n) is 16.2. The Labute approximate surface area is 349 Å². The van der Waals surface area contributed by atoms with Crippen molar-refractivity contribution < 1.29 is 96.2 Å². The summed E-state index contributed by atoms with van der Waals surface area (Å²) in [4.78, 5) is 0. The van der Waals surface area contributed by atoms with Crippen molar-refractivity contribution in [2.75, 3.05) is 0 Å². The van der Waals surface area contributed by atoms with Crippen molar-refractivity contribution in [3.63, 3.8) is 0 Å². The van der Waals surface area contributed by atoms with Crippen molar-refractivity contribution in [1.29, 1.82) is 0 Å². The fourth-order valence-corrected chi connectivity index (χ4v) is 5.63. The van der Waals surface area contributed by atoms with Gasteiger partial charge in [0.1, 0.15) is 0 Å². The van der Waals surface area contributed by atoms with E-state index < -0.39 is 0 Å². The Morgan fingerprint density at radius 2 is 0.520 bits per heavy atom. The third kappa shape index (κ3) is 12.7.